The van der Waals surface area contributed by atoms with Crippen LogP contribution in [0, 0.1) is 11.8 Å². The van der Waals surface area contributed by atoms with Crippen LogP contribution in [0.25, 0.3) is 17.0 Å². The van der Waals surface area contributed by atoms with Crippen molar-refractivity contribution in [2.24, 2.45) is 11.8 Å². The Morgan fingerprint density at radius 1 is 0.960 bits per heavy atom. The Hall–Kier alpha value is -4.32. The minimum Gasteiger partial charge on any atom is -0.460 e. The van der Waals surface area contributed by atoms with E-state index in [2.05, 4.69) is 10.7 Å². The van der Waals surface area contributed by atoms with Crippen molar-refractivity contribution in [2.45, 2.75) is 124 Å². The summed E-state index contributed by atoms with van der Waals surface area (Å²) >= 11 is 0. The van der Waals surface area contributed by atoms with Crippen LogP contribution in [0.3, 0.4) is 0 Å². The molecule has 0 bridgehead atoms. The number of fused-ring (bicyclic) bond motifs is 1. The van der Waals surface area contributed by atoms with Crippen molar-refractivity contribution in [1.82, 2.24) is 20.7 Å². The minimum atomic E-state index is -0.901. The summed E-state index contributed by atoms with van der Waals surface area (Å²) in [4.78, 5) is 68.8. The number of nitrogens with one attached hydrogen (secondary N) is 2. The Morgan fingerprint density at radius 2 is 1.60 bits per heavy atom. The molecule has 1 aromatic carbocycles. The summed E-state index contributed by atoms with van der Waals surface area (Å²) in [6.07, 6.45) is 3.99. The maximum absolute atomic E-state index is 13.3. The highest BCUT2D eigenvalue weighted by atomic mass is 16.6. The topological polar surface area (TPSA) is 153 Å². The van der Waals surface area contributed by atoms with Crippen LogP contribution >= 0.6 is 0 Å². The number of nitrogens with zero attached hydrogens (tertiary/aromatic N) is 2. The molecule has 3 rings (SSSR count). The van der Waals surface area contributed by atoms with E-state index in [0.717, 1.165) is 10.9 Å². The monoisotopic (exact) mass is 694 g/mol. The van der Waals surface area contributed by atoms with Gasteiger partial charge in [-0.05, 0) is 91.8 Å². The largest absolute Gasteiger partial charge is 0.460 e. The Balaban J connectivity index is 1.59. The molecule has 2 N–H and O–H groups in total. The number of pyridine rings is 1. The van der Waals surface area contributed by atoms with Gasteiger partial charge in [-0.15, -0.1) is 0 Å². The molecule has 12 nitrogen and oxygen atoms in total. The molecular weight excluding hydrogens is 640 g/mol. The predicted molar refractivity (Wildman–Crippen MR) is 190 cm³/mol. The molecule has 0 saturated carbocycles. The van der Waals surface area contributed by atoms with Gasteiger partial charge in [-0.2, -0.15) is 0 Å². The number of ether oxygens (including phenoxy) is 3. The van der Waals surface area contributed by atoms with E-state index in [4.69, 9.17) is 19.2 Å². The lowest BCUT2D eigenvalue weighted by atomic mass is 9.91. The van der Waals surface area contributed by atoms with Crippen LogP contribution in [-0.4, -0.2) is 69.5 Å². The van der Waals surface area contributed by atoms with E-state index in [1.54, 1.807) is 46.8 Å². The van der Waals surface area contributed by atoms with Gasteiger partial charge in [0.25, 0.3) is 5.91 Å². The maximum Gasteiger partial charge on any atom is 0.325 e. The number of hydrogen-bond donors (Lipinski definition) is 2. The summed E-state index contributed by atoms with van der Waals surface area (Å²) in [5, 5.41) is 4.99. The molecule has 1 aliphatic heterocycles. The highest BCUT2D eigenvalue weighted by molar-refractivity contribution is 5.90. The molecule has 0 aliphatic carbocycles. The van der Waals surface area contributed by atoms with Gasteiger partial charge in [0.2, 0.25) is 5.91 Å². The number of esters is 3. The van der Waals surface area contributed by atoms with E-state index >= 15 is 0 Å². The third-order valence-corrected chi connectivity index (χ3v) is 7.88. The molecule has 0 spiro atoms. The summed E-state index contributed by atoms with van der Waals surface area (Å²) in [5.41, 5.74) is 3.89. The normalized spacial score (nSPS) is 17.3. The summed E-state index contributed by atoms with van der Waals surface area (Å²) in [7, 11) is 0. The lowest BCUT2D eigenvalue weighted by molar-refractivity contribution is -0.158. The van der Waals surface area contributed by atoms with Crippen molar-refractivity contribution in [2.75, 3.05) is 6.54 Å². The second-order valence-corrected chi connectivity index (χ2v) is 15.1. The molecule has 2 heterocycles. The molecule has 2 amide bonds. The molecule has 4 atom stereocenters. The zero-order valence-electron chi connectivity index (χ0n) is 31.1. The molecule has 0 radical (unpaired) electrons. The Bertz CT molecular complexity index is 1570. The SMILES string of the molecule is CC(C)[C@H](CC(=O)OC(C)(C)C)C(=O)N[C@@H](C)C(=O)N1CCC[C@@H](C(=O)O[C@H](C)c2ccc3ccc(/C=C/CC(=O)OC(C)(C)C)cc3n2)N1. The molecule has 50 heavy (non-hydrogen) atoms. The molecule has 1 saturated heterocycles. The van der Waals surface area contributed by atoms with Gasteiger partial charge >= 0.3 is 17.9 Å². The van der Waals surface area contributed by atoms with Crippen molar-refractivity contribution in [3.8, 4) is 0 Å². The van der Waals surface area contributed by atoms with Gasteiger partial charge in [-0.3, -0.25) is 29.0 Å². The zero-order chi connectivity index (χ0) is 37.4. The van der Waals surface area contributed by atoms with Crippen LogP contribution in [0.5, 0.6) is 0 Å². The van der Waals surface area contributed by atoms with Crippen molar-refractivity contribution in [1.29, 1.82) is 0 Å². The highest BCUT2D eigenvalue weighted by Gasteiger charge is 2.34. The average Bonchev–Trinajstić information content (AvgIpc) is 3.01. The number of hydrogen-bond acceptors (Lipinski definition) is 10. The molecular formula is C38H54N4O8. The van der Waals surface area contributed by atoms with Gasteiger partial charge in [0, 0.05) is 11.9 Å². The van der Waals surface area contributed by atoms with E-state index in [1.165, 1.54) is 5.01 Å². The van der Waals surface area contributed by atoms with Crippen LogP contribution in [-0.2, 0) is 38.2 Å². The molecule has 274 valence electrons. The first-order valence-electron chi connectivity index (χ1n) is 17.3. The predicted octanol–water partition coefficient (Wildman–Crippen LogP) is 5.59. The van der Waals surface area contributed by atoms with E-state index in [0.29, 0.717) is 30.6 Å². The lowest BCUT2D eigenvalue weighted by Gasteiger charge is -2.35. The van der Waals surface area contributed by atoms with Crippen molar-refractivity contribution < 1.29 is 38.2 Å². The number of carbonyl (C=O) groups excluding carboxylic acids is 5. The lowest BCUT2D eigenvalue weighted by Crippen LogP contribution is -2.59. The van der Waals surface area contributed by atoms with Crippen molar-refractivity contribution in [3.05, 3.63) is 47.7 Å². The Morgan fingerprint density at radius 3 is 2.24 bits per heavy atom. The van der Waals surface area contributed by atoms with Gasteiger partial charge in [-0.25, -0.2) is 10.4 Å². The first-order valence-corrected chi connectivity index (χ1v) is 17.3. The van der Waals surface area contributed by atoms with Crippen molar-refractivity contribution >= 4 is 46.7 Å². The van der Waals surface area contributed by atoms with Gasteiger partial charge in [-0.1, -0.05) is 44.2 Å². The fourth-order valence-corrected chi connectivity index (χ4v) is 5.40. The highest BCUT2D eigenvalue weighted by Crippen LogP contribution is 2.23. The Kier molecular flexibility index (Phi) is 13.7. The zero-order valence-corrected chi connectivity index (χ0v) is 31.1. The number of hydrazine groups is 1. The van der Waals surface area contributed by atoms with E-state index in [1.807, 2.05) is 65.0 Å². The van der Waals surface area contributed by atoms with Gasteiger partial charge < -0.3 is 19.5 Å². The molecule has 2 aromatic rings. The summed E-state index contributed by atoms with van der Waals surface area (Å²) < 4.78 is 16.5. The second kappa shape index (κ2) is 17.1. The molecule has 1 aliphatic rings. The number of carbonyl (C=O) groups is 5. The quantitative estimate of drug-likeness (QED) is 0.212. The number of benzene rings is 1. The van der Waals surface area contributed by atoms with Gasteiger partial charge in [0.15, 0.2) is 0 Å². The smallest absolute Gasteiger partial charge is 0.325 e. The minimum absolute atomic E-state index is 0.101. The van der Waals surface area contributed by atoms with E-state index in [-0.39, 0.29) is 24.7 Å². The number of aromatic nitrogens is 1. The third-order valence-electron chi connectivity index (χ3n) is 7.88. The van der Waals surface area contributed by atoms with Gasteiger partial charge in [0.05, 0.1) is 30.0 Å². The first kappa shape index (κ1) is 40.1. The number of amides is 2. The average molecular weight is 695 g/mol. The second-order valence-electron chi connectivity index (χ2n) is 15.1. The standard InChI is InChI=1S/C38H54N4O8/c1-23(2)28(22-33(44)50-38(8,9)10)34(45)39-24(3)35(46)42-20-12-14-30(41-42)36(47)48-25(4)29-19-18-27-17-16-26(21-31(27)40-29)13-11-15-32(43)49-37(5,6)7/h11,13,16-19,21,23-25,28,30,41H,12,14-15,20,22H2,1-10H3,(H,39,45)/b13-11+/t24-,25+,28-,30-/m0/s1. The van der Waals surface area contributed by atoms with Crippen LogP contribution < -0.4 is 10.7 Å². The fraction of sp³-hybridized carbons (Fsp3) is 0.579. The van der Waals surface area contributed by atoms with Crippen LogP contribution in [0.1, 0.15) is 112 Å². The third kappa shape index (κ3) is 12.5. The van der Waals surface area contributed by atoms with Gasteiger partial charge in [0.1, 0.15) is 29.4 Å². The Labute approximate surface area is 295 Å². The van der Waals surface area contributed by atoms with Crippen LogP contribution in [0.4, 0.5) is 0 Å². The first-order chi connectivity index (χ1) is 23.2. The van der Waals surface area contributed by atoms with E-state index < -0.39 is 59.1 Å². The molecule has 0 unspecified atom stereocenters. The number of rotatable bonds is 12. The summed E-state index contributed by atoms with van der Waals surface area (Å²) in [6.45, 7) is 18.1. The maximum atomic E-state index is 13.3. The van der Waals surface area contributed by atoms with Crippen LogP contribution in [0.2, 0.25) is 0 Å². The molecule has 1 fully saturated rings. The van der Waals surface area contributed by atoms with Crippen molar-refractivity contribution in [3.63, 3.8) is 0 Å². The summed E-state index contributed by atoms with van der Waals surface area (Å²) in [6, 6.07) is 7.80. The van der Waals surface area contributed by atoms with E-state index in [9.17, 15) is 24.0 Å². The molecule has 1 aromatic heterocycles. The molecule has 12 heteroatoms. The van der Waals surface area contributed by atoms with Crippen LogP contribution in [0.15, 0.2) is 36.4 Å². The summed E-state index contributed by atoms with van der Waals surface area (Å²) in [5.74, 6) is -2.97. The fourth-order valence-electron chi connectivity index (χ4n) is 5.40.